The molecule has 0 bridgehead atoms. The molecule has 2 aliphatic rings. The van der Waals surface area contributed by atoms with E-state index in [2.05, 4.69) is 34.7 Å². The lowest BCUT2D eigenvalue weighted by molar-refractivity contribution is -0.135. The Balaban J connectivity index is 1.23. The second-order valence-electron chi connectivity index (χ2n) is 12.7. The summed E-state index contributed by atoms with van der Waals surface area (Å²) >= 11 is 0. The predicted molar refractivity (Wildman–Crippen MR) is 186 cm³/mol. The summed E-state index contributed by atoms with van der Waals surface area (Å²) in [6.07, 6.45) is 0.905. The van der Waals surface area contributed by atoms with Crippen LogP contribution in [0.3, 0.4) is 0 Å². The number of likely N-dealkylation sites (N-methyl/N-ethyl adjacent to an activating group) is 1. The standard InChI is InChI=1S/C37H46N6O4/c1-5-28-10-13-30(14-11-28)46-26-36(44)42-22-18-40(19-23-42)25-35-38-32-15-12-29(41-20-16-39(4)17-21-41)24-31(32)37(45)43(35)33-8-6-7-9-34(33)47-27(2)3/h6-15,24,27H,5,16-23,25-26H2,1-4H3. The van der Waals surface area contributed by atoms with Crippen molar-refractivity contribution in [1.82, 2.24) is 24.3 Å². The van der Waals surface area contributed by atoms with E-state index in [1.165, 1.54) is 5.56 Å². The van der Waals surface area contributed by atoms with Crippen LogP contribution < -0.4 is 19.9 Å². The molecule has 0 saturated carbocycles. The Morgan fingerprint density at radius 2 is 1.62 bits per heavy atom. The first kappa shape index (κ1) is 32.5. The molecule has 0 aliphatic carbocycles. The predicted octanol–water partition coefficient (Wildman–Crippen LogP) is 4.21. The van der Waals surface area contributed by atoms with Gasteiger partial charge in [-0.1, -0.05) is 31.2 Å². The number of benzene rings is 3. The molecule has 10 nitrogen and oxygen atoms in total. The van der Waals surface area contributed by atoms with Crippen molar-refractivity contribution in [1.29, 1.82) is 0 Å². The first-order valence-corrected chi connectivity index (χ1v) is 16.8. The van der Waals surface area contributed by atoms with Crippen LogP contribution in [0.15, 0.2) is 71.5 Å². The number of carbonyl (C=O) groups excluding carboxylic acids is 1. The van der Waals surface area contributed by atoms with Gasteiger partial charge < -0.3 is 24.2 Å². The molecule has 2 aliphatic heterocycles. The number of anilines is 1. The van der Waals surface area contributed by atoms with Crippen molar-refractivity contribution in [2.75, 3.05) is 70.9 Å². The summed E-state index contributed by atoms with van der Waals surface area (Å²) in [7, 11) is 2.14. The van der Waals surface area contributed by atoms with Crippen LogP contribution in [0.5, 0.6) is 11.5 Å². The lowest BCUT2D eigenvalue weighted by Crippen LogP contribution is -2.50. The second kappa shape index (κ2) is 14.6. The van der Waals surface area contributed by atoms with Crippen LogP contribution in [-0.4, -0.2) is 102 Å². The zero-order valence-electron chi connectivity index (χ0n) is 28.0. The number of ether oxygens (including phenoxy) is 2. The maximum Gasteiger partial charge on any atom is 0.266 e. The summed E-state index contributed by atoms with van der Waals surface area (Å²) in [5, 5.41) is 0.587. The number of rotatable bonds is 10. The fourth-order valence-corrected chi connectivity index (χ4v) is 6.24. The number of piperazine rings is 2. The van der Waals surface area contributed by atoms with Crippen LogP contribution >= 0.6 is 0 Å². The smallest absolute Gasteiger partial charge is 0.266 e. The maximum atomic E-state index is 14.4. The highest BCUT2D eigenvalue weighted by molar-refractivity contribution is 5.82. The van der Waals surface area contributed by atoms with Crippen LogP contribution in [0.4, 0.5) is 5.69 Å². The van der Waals surface area contributed by atoms with E-state index >= 15 is 0 Å². The first-order chi connectivity index (χ1) is 22.8. The van der Waals surface area contributed by atoms with Gasteiger partial charge >= 0.3 is 0 Å². The average Bonchev–Trinajstić information content (AvgIpc) is 3.08. The van der Waals surface area contributed by atoms with Gasteiger partial charge in [0.05, 0.1) is 29.2 Å². The summed E-state index contributed by atoms with van der Waals surface area (Å²) < 4.78 is 13.7. The van der Waals surface area contributed by atoms with Gasteiger partial charge in [0, 0.05) is 58.0 Å². The van der Waals surface area contributed by atoms with E-state index in [1.54, 1.807) is 4.57 Å². The van der Waals surface area contributed by atoms with Crippen molar-refractivity contribution in [3.05, 3.63) is 88.5 Å². The van der Waals surface area contributed by atoms with Crippen molar-refractivity contribution in [3.63, 3.8) is 0 Å². The Morgan fingerprint density at radius 3 is 2.32 bits per heavy atom. The first-order valence-electron chi connectivity index (χ1n) is 16.8. The monoisotopic (exact) mass is 638 g/mol. The second-order valence-corrected chi connectivity index (χ2v) is 12.7. The number of hydrogen-bond acceptors (Lipinski definition) is 8. The Bertz CT molecular complexity index is 1740. The van der Waals surface area contributed by atoms with E-state index in [0.717, 1.165) is 38.3 Å². The van der Waals surface area contributed by atoms with Crippen molar-refractivity contribution in [2.24, 2.45) is 0 Å². The molecule has 0 N–H and O–H groups in total. The molecule has 3 aromatic carbocycles. The highest BCUT2D eigenvalue weighted by Crippen LogP contribution is 2.27. The quantitative estimate of drug-likeness (QED) is 0.256. The normalized spacial score (nSPS) is 16.2. The molecule has 0 atom stereocenters. The van der Waals surface area contributed by atoms with E-state index < -0.39 is 0 Å². The molecule has 2 saturated heterocycles. The Hall–Kier alpha value is -4.41. The number of nitrogens with zero attached hydrogens (tertiary/aromatic N) is 6. The zero-order valence-corrected chi connectivity index (χ0v) is 28.0. The van der Waals surface area contributed by atoms with Crippen molar-refractivity contribution in [2.45, 2.75) is 39.8 Å². The van der Waals surface area contributed by atoms with E-state index in [9.17, 15) is 9.59 Å². The van der Waals surface area contributed by atoms with Crippen LogP contribution in [0, 0.1) is 0 Å². The molecule has 47 heavy (non-hydrogen) atoms. The molecule has 0 spiro atoms. The topological polar surface area (TPSA) is 83.4 Å². The lowest BCUT2D eigenvalue weighted by Gasteiger charge is -2.35. The molecule has 0 radical (unpaired) electrons. The van der Waals surface area contributed by atoms with Gasteiger partial charge in [0.2, 0.25) is 0 Å². The number of hydrogen-bond donors (Lipinski definition) is 0. The summed E-state index contributed by atoms with van der Waals surface area (Å²) in [5.74, 6) is 1.96. The maximum absolute atomic E-state index is 14.4. The van der Waals surface area contributed by atoms with Crippen molar-refractivity contribution >= 4 is 22.5 Å². The Kier molecular flexibility index (Phi) is 10.1. The number of para-hydroxylation sites is 2. The van der Waals surface area contributed by atoms with E-state index in [1.807, 2.05) is 79.4 Å². The number of aryl methyl sites for hydroxylation is 1. The third kappa shape index (κ3) is 7.60. The van der Waals surface area contributed by atoms with Gasteiger partial charge in [-0.3, -0.25) is 19.1 Å². The van der Waals surface area contributed by atoms with Gasteiger partial charge in [-0.15, -0.1) is 0 Å². The Labute approximate surface area is 277 Å². The number of carbonyl (C=O) groups is 1. The minimum absolute atomic E-state index is 0.0139. The highest BCUT2D eigenvalue weighted by atomic mass is 16.5. The number of fused-ring (bicyclic) bond motifs is 1. The molecule has 10 heteroatoms. The number of amides is 1. The lowest BCUT2D eigenvalue weighted by atomic mass is 10.1. The zero-order chi connectivity index (χ0) is 32.9. The van der Waals surface area contributed by atoms with Gasteiger partial charge in [0.15, 0.2) is 6.61 Å². The summed E-state index contributed by atoms with van der Waals surface area (Å²) in [5.41, 5.74) is 3.52. The molecule has 2 fully saturated rings. The highest BCUT2D eigenvalue weighted by Gasteiger charge is 2.25. The molecule has 6 rings (SSSR count). The number of aromatic nitrogens is 2. The SMILES string of the molecule is CCc1ccc(OCC(=O)N2CCN(Cc3nc4ccc(N5CCN(C)CC5)cc4c(=O)n3-c3ccccc3OC(C)C)CC2)cc1. The summed E-state index contributed by atoms with van der Waals surface area (Å²) in [6, 6.07) is 21.6. The van der Waals surface area contributed by atoms with E-state index in [4.69, 9.17) is 14.5 Å². The van der Waals surface area contributed by atoms with Crippen LogP contribution in [-0.2, 0) is 17.8 Å². The molecule has 0 unspecified atom stereocenters. The fraction of sp³-hybridized carbons (Fsp3) is 0.432. The molecule has 3 heterocycles. The summed E-state index contributed by atoms with van der Waals surface area (Å²) in [4.78, 5) is 41.3. The average molecular weight is 639 g/mol. The minimum atomic E-state index is -0.112. The molecular weight excluding hydrogens is 592 g/mol. The fourth-order valence-electron chi connectivity index (χ4n) is 6.24. The molecular formula is C37H46N6O4. The van der Waals surface area contributed by atoms with Gasteiger partial charge in [-0.2, -0.15) is 0 Å². The third-order valence-electron chi connectivity index (χ3n) is 9.04. The Morgan fingerprint density at radius 1 is 0.894 bits per heavy atom. The summed E-state index contributed by atoms with van der Waals surface area (Å²) in [6.45, 7) is 12.8. The van der Waals surface area contributed by atoms with Crippen LogP contribution in [0.25, 0.3) is 16.6 Å². The molecule has 1 amide bonds. The molecule has 4 aromatic rings. The van der Waals surface area contributed by atoms with Gasteiger partial charge in [0.1, 0.15) is 17.3 Å². The third-order valence-corrected chi connectivity index (χ3v) is 9.04. The van der Waals surface area contributed by atoms with Gasteiger partial charge in [0.25, 0.3) is 11.5 Å². The van der Waals surface area contributed by atoms with Gasteiger partial charge in [-0.05, 0) is 75.3 Å². The van der Waals surface area contributed by atoms with Crippen LogP contribution in [0.2, 0.25) is 0 Å². The van der Waals surface area contributed by atoms with Crippen LogP contribution in [0.1, 0.15) is 32.2 Å². The van der Waals surface area contributed by atoms with E-state index in [-0.39, 0.29) is 24.2 Å². The molecule has 248 valence electrons. The van der Waals surface area contributed by atoms with Crippen molar-refractivity contribution < 1.29 is 14.3 Å². The van der Waals surface area contributed by atoms with Crippen molar-refractivity contribution in [3.8, 4) is 17.2 Å². The molecule has 1 aromatic heterocycles. The largest absolute Gasteiger partial charge is 0.489 e. The van der Waals surface area contributed by atoms with E-state index in [0.29, 0.717) is 66.6 Å². The van der Waals surface area contributed by atoms with Gasteiger partial charge in [-0.25, -0.2) is 4.98 Å². The minimum Gasteiger partial charge on any atom is -0.489 e.